The lowest BCUT2D eigenvalue weighted by Gasteiger charge is -2.38. The SMILES string of the molecule is CC(C)(C)C1CCCC(c2ccncc2[N+](=O)[O-])O1. The molecule has 0 bridgehead atoms. The summed E-state index contributed by atoms with van der Waals surface area (Å²) in [6.07, 6.45) is 5.72. The van der Waals surface area contributed by atoms with E-state index in [0.29, 0.717) is 5.56 Å². The van der Waals surface area contributed by atoms with Crippen molar-refractivity contribution in [3.05, 3.63) is 34.1 Å². The summed E-state index contributed by atoms with van der Waals surface area (Å²) >= 11 is 0. The van der Waals surface area contributed by atoms with Gasteiger partial charge >= 0.3 is 0 Å². The predicted molar refractivity (Wildman–Crippen MR) is 71.8 cm³/mol. The van der Waals surface area contributed by atoms with E-state index >= 15 is 0 Å². The number of ether oxygens (including phenoxy) is 1. The van der Waals surface area contributed by atoms with E-state index in [2.05, 4.69) is 25.8 Å². The molecule has 5 heteroatoms. The van der Waals surface area contributed by atoms with Crippen molar-refractivity contribution in [3.8, 4) is 0 Å². The summed E-state index contributed by atoms with van der Waals surface area (Å²) in [6.45, 7) is 6.42. The van der Waals surface area contributed by atoms with Crippen LogP contribution in [0.5, 0.6) is 0 Å². The fraction of sp³-hybridized carbons (Fsp3) is 0.643. The lowest BCUT2D eigenvalue weighted by Crippen LogP contribution is -2.34. The quantitative estimate of drug-likeness (QED) is 0.604. The van der Waals surface area contributed by atoms with Crippen molar-refractivity contribution in [1.29, 1.82) is 0 Å². The Morgan fingerprint density at radius 3 is 2.79 bits per heavy atom. The molecule has 1 aliphatic heterocycles. The van der Waals surface area contributed by atoms with Crippen LogP contribution in [0, 0.1) is 15.5 Å². The van der Waals surface area contributed by atoms with Gasteiger partial charge in [-0.25, -0.2) is 0 Å². The lowest BCUT2D eigenvalue weighted by atomic mass is 9.83. The first-order valence-corrected chi connectivity index (χ1v) is 6.63. The van der Waals surface area contributed by atoms with E-state index in [4.69, 9.17) is 4.74 Å². The molecule has 2 unspecified atom stereocenters. The fourth-order valence-corrected chi connectivity index (χ4v) is 2.51. The maximum atomic E-state index is 11.1. The molecule has 1 aliphatic rings. The van der Waals surface area contributed by atoms with Gasteiger partial charge in [0.15, 0.2) is 0 Å². The molecule has 2 rings (SSSR count). The molecule has 0 N–H and O–H groups in total. The zero-order valence-corrected chi connectivity index (χ0v) is 11.6. The summed E-state index contributed by atoms with van der Waals surface area (Å²) in [5, 5.41) is 11.1. The Morgan fingerprint density at radius 2 is 2.16 bits per heavy atom. The average molecular weight is 264 g/mol. The molecule has 104 valence electrons. The standard InChI is InChI=1S/C14H20N2O3/c1-14(2,3)13-6-4-5-12(19-13)10-7-8-15-9-11(10)16(17)18/h7-9,12-13H,4-6H2,1-3H3. The van der Waals surface area contributed by atoms with Gasteiger partial charge in [0.05, 0.1) is 22.7 Å². The number of aromatic nitrogens is 1. The first-order chi connectivity index (χ1) is 8.89. The highest BCUT2D eigenvalue weighted by Crippen LogP contribution is 2.40. The Hall–Kier alpha value is -1.49. The maximum Gasteiger partial charge on any atom is 0.293 e. The van der Waals surface area contributed by atoms with Gasteiger partial charge in [-0.2, -0.15) is 0 Å². The highest BCUT2D eigenvalue weighted by molar-refractivity contribution is 5.38. The molecule has 5 nitrogen and oxygen atoms in total. The van der Waals surface area contributed by atoms with Crippen molar-refractivity contribution in [2.75, 3.05) is 0 Å². The largest absolute Gasteiger partial charge is 0.369 e. The molecule has 0 aliphatic carbocycles. The van der Waals surface area contributed by atoms with Crippen molar-refractivity contribution in [1.82, 2.24) is 4.98 Å². The minimum atomic E-state index is -0.383. The zero-order valence-electron chi connectivity index (χ0n) is 11.6. The van der Waals surface area contributed by atoms with Gasteiger partial charge in [0.1, 0.15) is 6.20 Å². The Kier molecular flexibility index (Phi) is 3.85. The van der Waals surface area contributed by atoms with Crippen molar-refractivity contribution in [2.24, 2.45) is 5.41 Å². The van der Waals surface area contributed by atoms with E-state index in [1.54, 1.807) is 12.3 Å². The average Bonchev–Trinajstić information content (AvgIpc) is 2.38. The molecule has 2 heterocycles. The number of hydrogen-bond donors (Lipinski definition) is 0. The first-order valence-electron chi connectivity index (χ1n) is 6.63. The van der Waals surface area contributed by atoms with Gasteiger partial charge in [0.25, 0.3) is 5.69 Å². The van der Waals surface area contributed by atoms with E-state index < -0.39 is 0 Å². The number of nitro groups is 1. The monoisotopic (exact) mass is 264 g/mol. The third-order valence-corrected chi connectivity index (χ3v) is 3.60. The zero-order chi connectivity index (χ0) is 14.0. The number of pyridine rings is 1. The Bertz CT molecular complexity index is 468. The molecule has 1 fully saturated rings. The van der Waals surface area contributed by atoms with Crippen LogP contribution >= 0.6 is 0 Å². The second kappa shape index (κ2) is 5.25. The van der Waals surface area contributed by atoms with Crippen LogP contribution in [0.2, 0.25) is 0 Å². The van der Waals surface area contributed by atoms with Gasteiger partial charge in [-0.1, -0.05) is 20.8 Å². The van der Waals surface area contributed by atoms with Gasteiger partial charge in [0.2, 0.25) is 0 Å². The van der Waals surface area contributed by atoms with Crippen molar-refractivity contribution < 1.29 is 9.66 Å². The van der Waals surface area contributed by atoms with Crippen molar-refractivity contribution >= 4 is 5.69 Å². The maximum absolute atomic E-state index is 11.1. The normalized spacial score (nSPS) is 24.2. The molecule has 1 aromatic rings. The second-order valence-corrected chi connectivity index (χ2v) is 6.10. The molecule has 0 aromatic carbocycles. The molecule has 0 saturated carbocycles. The van der Waals surface area contributed by atoms with Crippen LogP contribution < -0.4 is 0 Å². The van der Waals surface area contributed by atoms with Gasteiger partial charge in [-0.05, 0) is 30.7 Å². The highest BCUT2D eigenvalue weighted by Gasteiger charge is 2.34. The summed E-state index contributed by atoms with van der Waals surface area (Å²) in [4.78, 5) is 14.5. The van der Waals surface area contributed by atoms with Gasteiger partial charge in [0, 0.05) is 6.20 Å². The molecule has 0 spiro atoms. The van der Waals surface area contributed by atoms with Crippen LogP contribution in [0.4, 0.5) is 5.69 Å². The summed E-state index contributed by atoms with van der Waals surface area (Å²) in [6, 6.07) is 1.70. The molecule has 19 heavy (non-hydrogen) atoms. The Labute approximate surface area is 113 Å². The smallest absolute Gasteiger partial charge is 0.293 e. The molecule has 1 aromatic heterocycles. The summed E-state index contributed by atoms with van der Waals surface area (Å²) < 4.78 is 6.10. The van der Waals surface area contributed by atoms with Crippen LogP contribution in [0.1, 0.15) is 51.7 Å². The molecule has 0 radical (unpaired) electrons. The summed E-state index contributed by atoms with van der Waals surface area (Å²) in [5.41, 5.74) is 0.761. The van der Waals surface area contributed by atoms with E-state index in [1.807, 2.05) is 0 Å². The number of rotatable bonds is 2. The van der Waals surface area contributed by atoms with Gasteiger partial charge < -0.3 is 4.74 Å². The lowest BCUT2D eigenvalue weighted by molar-refractivity contribution is -0.386. The molecule has 0 amide bonds. The van der Waals surface area contributed by atoms with E-state index in [9.17, 15) is 10.1 Å². The first kappa shape index (κ1) is 13.9. The number of nitrogens with zero attached hydrogens (tertiary/aromatic N) is 2. The minimum absolute atomic E-state index is 0.0560. The van der Waals surface area contributed by atoms with Crippen molar-refractivity contribution in [2.45, 2.75) is 52.2 Å². The van der Waals surface area contributed by atoms with Crippen LogP contribution in [0.25, 0.3) is 0 Å². The molecule has 2 atom stereocenters. The number of hydrogen-bond acceptors (Lipinski definition) is 4. The fourth-order valence-electron chi connectivity index (χ4n) is 2.51. The van der Waals surface area contributed by atoms with Crippen LogP contribution in [0.3, 0.4) is 0 Å². The third-order valence-electron chi connectivity index (χ3n) is 3.60. The minimum Gasteiger partial charge on any atom is -0.369 e. The second-order valence-electron chi connectivity index (χ2n) is 6.10. The van der Waals surface area contributed by atoms with E-state index in [-0.39, 0.29) is 28.2 Å². The highest BCUT2D eigenvalue weighted by atomic mass is 16.6. The Balaban J connectivity index is 2.25. The summed E-state index contributed by atoms with van der Waals surface area (Å²) in [5.74, 6) is 0. The predicted octanol–water partition coefficient (Wildman–Crippen LogP) is 3.65. The van der Waals surface area contributed by atoms with Gasteiger partial charge in [-0.3, -0.25) is 15.1 Å². The molecule has 1 saturated heterocycles. The van der Waals surface area contributed by atoms with Crippen LogP contribution in [0.15, 0.2) is 18.5 Å². The van der Waals surface area contributed by atoms with E-state index in [0.717, 1.165) is 19.3 Å². The van der Waals surface area contributed by atoms with Crippen molar-refractivity contribution in [3.63, 3.8) is 0 Å². The topological polar surface area (TPSA) is 65.3 Å². The van der Waals surface area contributed by atoms with E-state index in [1.165, 1.54) is 6.20 Å². The third kappa shape index (κ3) is 3.10. The van der Waals surface area contributed by atoms with Gasteiger partial charge in [-0.15, -0.1) is 0 Å². The summed E-state index contributed by atoms with van der Waals surface area (Å²) in [7, 11) is 0. The Morgan fingerprint density at radius 1 is 1.42 bits per heavy atom. The van der Waals surface area contributed by atoms with Crippen LogP contribution in [-0.2, 0) is 4.74 Å². The molecular weight excluding hydrogens is 244 g/mol. The van der Waals surface area contributed by atoms with Crippen LogP contribution in [-0.4, -0.2) is 16.0 Å². The molecular formula is C14H20N2O3.